The van der Waals surface area contributed by atoms with E-state index in [2.05, 4.69) is 10.6 Å². The van der Waals surface area contributed by atoms with Gasteiger partial charge in [-0.25, -0.2) is 42.5 Å². The highest BCUT2D eigenvalue weighted by Crippen LogP contribution is 1.95. The number of urea groups is 2. The second kappa shape index (κ2) is 21.6. The lowest BCUT2D eigenvalue weighted by Gasteiger charge is -2.22. The van der Waals surface area contributed by atoms with Gasteiger partial charge in [0.15, 0.2) is 0 Å². The van der Waals surface area contributed by atoms with Crippen LogP contribution < -0.4 is 27.7 Å². The second-order valence-corrected chi connectivity index (χ2v) is 9.18. The lowest BCUT2D eigenvalue weighted by molar-refractivity contribution is 0.0825. The summed E-state index contributed by atoms with van der Waals surface area (Å²) in [6.07, 6.45) is -0.934. The van der Waals surface area contributed by atoms with Gasteiger partial charge in [-0.15, -0.1) is 0 Å². The van der Waals surface area contributed by atoms with Gasteiger partial charge in [0.1, 0.15) is 6.61 Å². The van der Waals surface area contributed by atoms with Crippen molar-refractivity contribution in [2.24, 2.45) is 0 Å². The molecule has 0 saturated heterocycles. The number of hydrogen-bond acceptors (Lipinski definition) is 13. The topological polar surface area (TPSA) is 282 Å². The molecule has 0 saturated carbocycles. The van der Waals surface area contributed by atoms with E-state index in [1.54, 1.807) is 0 Å². The molecular weight excluding hydrogens is 608 g/mol. The molecule has 258 valence electrons. The second-order valence-electron chi connectivity index (χ2n) is 9.18. The van der Waals surface area contributed by atoms with Crippen LogP contribution in [0, 0.1) is 0 Å². The molecule has 5 amide bonds. The average molecular weight is 653 g/mol. The molecule has 0 unspecified atom stereocenters. The Morgan fingerprint density at radius 2 is 0.844 bits per heavy atom. The quantitative estimate of drug-likeness (QED) is 0.0614. The molecule has 1 aromatic rings. The predicted molar refractivity (Wildman–Crippen MR) is 155 cm³/mol. The Kier molecular flexibility index (Phi) is 18.8. The molecule has 0 radical (unpaired) electrons. The molecule has 0 aliphatic carbocycles. The third kappa shape index (κ3) is 12.5. The predicted octanol–water partition coefficient (Wildman–Crippen LogP) is -6.41. The zero-order chi connectivity index (χ0) is 33.8. The van der Waals surface area contributed by atoms with E-state index in [1.807, 2.05) is 0 Å². The lowest BCUT2D eigenvalue weighted by Crippen LogP contribution is -2.56. The highest BCUT2D eigenvalue weighted by Gasteiger charge is 2.19. The van der Waals surface area contributed by atoms with E-state index in [0.717, 1.165) is 14.7 Å². The number of rotatable bonds is 21. The van der Waals surface area contributed by atoms with Crippen molar-refractivity contribution >= 4 is 18.2 Å². The van der Waals surface area contributed by atoms with Gasteiger partial charge in [-0.05, 0) is 0 Å². The fraction of sp³-hybridized carbons (Fsp3) is 0.750. The first-order chi connectivity index (χ1) is 21.6. The Labute approximate surface area is 257 Å². The normalized spacial score (nSPS) is 10.8. The van der Waals surface area contributed by atoms with E-state index in [-0.39, 0.29) is 78.8 Å². The molecule has 21 nitrogen and oxygen atoms in total. The lowest BCUT2D eigenvalue weighted by atomic mass is 10.5. The van der Waals surface area contributed by atoms with Crippen molar-refractivity contribution < 1.29 is 49.8 Å². The van der Waals surface area contributed by atoms with E-state index in [0.29, 0.717) is 13.7 Å². The Balaban J connectivity index is 3.25. The first-order valence-electron chi connectivity index (χ1n) is 14.2. The van der Waals surface area contributed by atoms with E-state index in [9.17, 15) is 28.8 Å². The average Bonchev–Trinajstić information content (AvgIpc) is 3.01. The molecule has 21 heteroatoms. The number of carbonyl (C=O) groups is 3. The summed E-state index contributed by atoms with van der Waals surface area (Å²) >= 11 is 0. The number of nitrogens with zero attached hydrogens (tertiary/aromatic N) is 6. The molecule has 1 rings (SSSR count). The van der Waals surface area contributed by atoms with Crippen molar-refractivity contribution in [3.63, 3.8) is 0 Å². The summed E-state index contributed by atoms with van der Waals surface area (Å²) in [5, 5.41) is 59.6. The maximum Gasteiger partial charge on any atom is 0.409 e. The number of aliphatic hydroxyl groups excluding tert-OH is 6. The van der Waals surface area contributed by atoms with Crippen LogP contribution in [0.15, 0.2) is 14.4 Å². The van der Waals surface area contributed by atoms with E-state index < -0.39 is 74.7 Å². The SMILES string of the molecule is O=C(NCCn1c(=O)n(CCNC(=O)N(CCO)CCO)c(=O)n(CCOC(=O)N(CCO)CCO)c1=O)N(CCO)CCO. The number of aromatic nitrogens is 3. The van der Waals surface area contributed by atoms with Gasteiger partial charge in [-0.3, -0.25) is 0 Å². The summed E-state index contributed by atoms with van der Waals surface area (Å²) in [7, 11) is 0. The fourth-order valence-corrected chi connectivity index (χ4v) is 3.99. The Hall–Kier alpha value is -4.02. The summed E-state index contributed by atoms with van der Waals surface area (Å²) in [6, 6.07) is -1.39. The molecule has 0 fully saturated rings. The van der Waals surface area contributed by atoms with Crippen LogP contribution in [-0.4, -0.2) is 176 Å². The summed E-state index contributed by atoms with van der Waals surface area (Å²) in [6.45, 7) is -5.35. The minimum Gasteiger partial charge on any atom is -0.448 e. The minimum absolute atomic E-state index is 0.0868. The molecule has 1 aromatic heterocycles. The molecule has 0 atom stereocenters. The van der Waals surface area contributed by atoms with Crippen LogP contribution in [0.4, 0.5) is 14.4 Å². The van der Waals surface area contributed by atoms with Crippen molar-refractivity contribution in [3.8, 4) is 0 Å². The van der Waals surface area contributed by atoms with E-state index in [1.165, 1.54) is 0 Å². The van der Waals surface area contributed by atoms with Crippen molar-refractivity contribution in [3.05, 3.63) is 31.5 Å². The zero-order valence-corrected chi connectivity index (χ0v) is 25.0. The summed E-state index contributed by atoms with van der Waals surface area (Å²) < 4.78 is 6.99. The van der Waals surface area contributed by atoms with Gasteiger partial charge in [0.25, 0.3) is 0 Å². The first-order valence-corrected chi connectivity index (χ1v) is 14.2. The number of ether oxygens (including phenoxy) is 1. The van der Waals surface area contributed by atoms with Crippen molar-refractivity contribution in [1.82, 2.24) is 39.0 Å². The van der Waals surface area contributed by atoms with Crippen LogP contribution in [0.25, 0.3) is 0 Å². The molecule has 45 heavy (non-hydrogen) atoms. The van der Waals surface area contributed by atoms with Gasteiger partial charge < -0.3 is 60.7 Å². The van der Waals surface area contributed by atoms with Crippen LogP contribution in [0.5, 0.6) is 0 Å². The standard InChI is InChI=1S/C24H44N8O13/c33-12-5-27(6-13-34)19(39)25-1-3-30-21(41)31(4-2-26-20(40)28(7-14-35)8-15-36)23(43)32(22(30)42)11-18-45-24(44)29(9-16-37)10-17-38/h33-38H,1-18H2,(H,25,39)(H,26,40). The molecule has 0 aromatic carbocycles. The largest absolute Gasteiger partial charge is 0.448 e. The highest BCUT2D eigenvalue weighted by molar-refractivity contribution is 5.74. The van der Waals surface area contributed by atoms with Crippen LogP contribution in [-0.2, 0) is 24.4 Å². The number of aliphatic hydroxyl groups is 6. The molecule has 1 heterocycles. The van der Waals surface area contributed by atoms with Gasteiger partial charge in [-0.2, -0.15) is 0 Å². The molecule has 0 spiro atoms. The molecule has 8 N–H and O–H groups in total. The molecule has 0 aliphatic rings. The smallest absolute Gasteiger partial charge is 0.409 e. The zero-order valence-electron chi connectivity index (χ0n) is 25.0. The summed E-state index contributed by atoms with van der Waals surface area (Å²) in [5.41, 5.74) is -3.24. The maximum atomic E-state index is 13.2. The first kappa shape index (κ1) is 39.0. The van der Waals surface area contributed by atoms with Crippen LogP contribution in [0.1, 0.15) is 0 Å². The van der Waals surface area contributed by atoms with Crippen LogP contribution in [0.3, 0.4) is 0 Å². The third-order valence-corrected chi connectivity index (χ3v) is 6.20. The number of hydrogen-bond donors (Lipinski definition) is 8. The third-order valence-electron chi connectivity index (χ3n) is 6.20. The van der Waals surface area contributed by atoms with E-state index >= 15 is 0 Å². The van der Waals surface area contributed by atoms with E-state index in [4.69, 9.17) is 35.4 Å². The molecule has 0 bridgehead atoms. The Bertz CT molecular complexity index is 1040. The van der Waals surface area contributed by atoms with Gasteiger partial charge in [-0.1, -0.05) is 0 Å². The van der Waals surface area contributed by atoms with Crippen LogP contribution >= 0.6 is 0 Å². The van der Waals surface area contributed by atoms with Crippen molar-refractivity contribution in [2.45, 2.75) is 19.6 Å². The monoisotopic (exact) mass is 652 g/mol. The van der Waals surface area contributed by atoms with Crippen LogP contribution in [0.2, 0.25) is 0 Å². The summed E-state index contributed by atoms with van der Waals surface area (Å²) in [4.78, 5) is 79.8. The number of carbonyl (C=O) groups excluding carboxylic acids is 3. The summed E-state index contributed by atoms with van der Waals surface area (Å²) in [5.74, 6) is 0. The Morgan fingerprint density at radius 3 is 1.18 bits per heavy atom. The fourth-order valence-electron chi connectivity index (χ4n) is 3.99. The van der Waals surface area contributed by atoms with Gasteiger partial charge in [0, 0.05) is 65.4 Å². The highest BCUT2D eigenvalue weighted by atomic mass is 16.6. The Morgan fingerprint density at radius 1 is 0.533 bits per heavy atom. The minimum atomic E-state index is -1.09. The van der Waals surface area contributed by atoms with Crippen molar-refractivity contribution in [1.29, 1.82) is 0 Å². The molecular formula is C24H44N8O13. The number of amides is 5. The van der Waals surface area contributed by atoms with Gasteiger partial charge in [0.05, 0.1) is 46.2 Å². The number of nitrogens with one attached hydrogen (secondary N) is 2. The van der Waals surface area contributed by atoms with Gasteiger partial charge in [0.2, 0.25) is 0 Å². The molecule has 0 aliphatic heterocycles. The van der Waals surface area contributed by atoms with Gasteiger partial charge >= 0.3 is 35.2 Å². The maximum absolute atomic E-state index is 13.2. The van der Waals surface area contributed by atoms with Crippen molar-refractivity contribution in [2.75, 3.05) is 98.6 Å².